The summed E-state index contributed by atoms with van der Waals surface area (Å²) in [6, 6.07) is 8.25. The van der Waals surface area contributed by atoms with E-state index < -0.39 is 0 Å². The minimum atomic E-state index is -0.207. The highest BCUT2D eigenvalue weighted by Crippen LogP contribution is 2.32. The molecule has 0 radical (unpaired) electrons. The van der Waals surface area contributed by atoms with Crippen LogP contribution in [-0.4, -0.2) is 23.6 Å². The van der Waals surface area contributed by atoms with Crippen LogP contribution in [0.5, 0.6) is 0 Å². The predicted octanol–water partition coefficient (Wildman–Crippen LogP) is 2.90. The van der Waals surface area contributed by atoms with Gasteiger partial charge in [0.1, 0.15) is 6.10 Å². The Kier molecular flexibility index (Phi) is 2.86. The van der Waals surface area contributed by atoms with Crippen molar-refractivity contribution >= 4 is 6.09 Å². The maximum atomic E-state index is 11.6. The van der Waals surface area contributed by atoms with Crippen LogP contribution in [0.4, 0.5) is 4.79 Å². The van der Waals surface area contributed by atoms with Crippen molar-refractivity contribution in [3.8, 4) is 0 Å². The average Bonchev–Trinajstić information content (AvgIpc) is 2.54. The van der Waals surface area contributed by atoms with Crippen molar-refractivity contribution in [3.05, 3.63) is 35.4 Å². The van der Waals surface area contributed by atoms with Crippen molar-refractivity contribution in [3.63, 3.8) is 0 Å². The molecule has 86 valence electrons. The van der Waals surface area contributed by atoms with Gasteiger partial charge in [-0.1, -0.05) is 29.8 Å². The van der Waals surface area contributed by atoms with E-state index in [0.29, 0.717) is 6.54 Å². The Morgan fingerprint density at radius 1 is 1.44 bits per heavy atom. The van der Waals surface area contributed by atoms with E-state index >= 15 is 0 Å². The zero-order valence-electron chi connectivity index (χ0n) is 9.93. The lowest BCUT2D eigenvalue weighted by Gasteiger charge is -2.19. The highest BCUT2D eigenvalue weighted by molar-refractivity contribution is 5.71. The second-order valence-corrected chi connectivity index (χ2v) is 4.25. The van der Waals surface area contributed by atoms with E-state index in [0.717, 1.165) is 5.56 Å². The Labute approximate surface area is 96.0 Å². The van der Waals surface area contributed by atoms with Gasteiger partial charge in [0.25, 0.3) is 0 Å². The Balaban J connectivity index is 2.27. The average molecular weight is 219 g/mol. The number of rotatable bonds is 2. The lowest BCUT2D eigenvalue weighted by atomic mass is 10.0. The van der Waals surface area contributed by atoms with Crippen molar-refractivity contribution < 1.29 is 9.53 Å². The van der Waals surface area contributed by atoms with E-state index in [-0.39, 0.29) is 18.2 Å². The van der Waals surface area contributed by atoms with Crippen LogP contribution in [0.25, 0.3) is 0 Å². The quantitative estimate of drug-likeness (QED) is 0.765. The molecule has 1 aromatic carbocycles. The minimum absolute atomic E-state index is 0.110. The first kappa shape index (κ1) is 11.0. The number of aryl methyl sites for hydroxylation is 1. The molecule has 0 spiro atoms. The van der Waals surface area contributed by atoms with E-state index in [1.165, 1.54) is 5.56 Å². The number of nitrogens with zero attached hydrogens (tertiary/aromatic N) is 1. The fraction of sp³-hybridized carbons (Fsp3) is 0.462. The molecule has 0 aliphatic carbocycles. The third kappa shape index (κ3) is 1.77. The Hall–Kier alpha value is -1.51. The summed E-state index contributed by atoms with van der Waals surface area (Å²) in [6.45, 7) is 6.74. The minimum Gasteiger partial charge on any atom is -0.439 e. The van der Waals surface area contributed by atoms with Crippen molar-refractivity contribution in [2.75, 3.05) is 6.54 Å². The Morgan fingerprint density at radius 3 is 2.75 bits per heavy atom. The number of ether oxygens (including phenoxy) is 1. The first-order chi connectivity index (χ1) is 7.63. The zero-order valence-corrected chi connectivity index (χ0v) is 9.93. The molecule has 0 N–H and O–H groups in total. The standard InChI is InChI=1S/C13H17NO2/c1-4-14-10(3)12(16-13(14)15)11-7-5-6-9(2)8-11/h5-8,10,12H,4H2,1-3H3/t10-,12-/m0/s1. The number of benzene rings is 1. The molecule has 0 saturated carbocycles. The lowest BCUT2D eigenvalue weighted by molar-refractivity contribution is 0.131. The summed E-state index contributed by atoms with van der Waals surface area (Å²) in [4.78, 5) is 13.3. The maximum Gasteiger partial charge on any atom is 0.410 e. The molecule has 1 fully saturated rings. The summed E-state index contributed by atoms with van der Waals surface area (Å²) >= 11 is 0. The summed E-state index contributed by atoms with van der Waals surface area (Å²) in [5.41, 5.74) is 2.27. The molecular formula is C13H17NO2. The van der Waals surface area contributed by atoms with Crippen LogP contribution in [0, 0.1) is 6.92 Å². The Morgan fingerprint density at radius 2 is 2.19 bits per heavy atom. The summed E-state index contributed by atoms with van der Waals surface area (Å²) in [5.74, 6) is 0. The van der Waals surface area contributed by atoms with Crippen molar-refractivity contribution in [2.45, 2.75) is 32.9 Å². The highest BCUT2D eigenvalue weighted by Gasteiger charge is 2.38. The van der Waals surface area contributed by atoms with Gasteiger partial charge in [-0.2, -0.15) is 0 Å². The molecule has 16 heavy (non-hydrogen) atoms. The molecule has 0 aromatic heterocycles. The summed E-state index contributed by atoms with van der Waals surface area (Å²) in [5, 5.41) is 0. The van der Waals surface area contributed by atoms with Gasteiger partial charge >= 0.3 is 6.09 Å². The summed E-state index contributed by atoms with van der Waals surface area (Å²) in [7, 11) is 0. The van der Waals surface area contributed by atoms with Crippen LogP contribution in [0.15, 0.2) is 24.3 Å². The smallest absolute Gasteiger partial charge is 0.410 e. The van der Waals surface area contributed by atoms with E-state index in [4.69, 9.17) is 4.74 Å². The first-order valence-electron chi connectivity index (χ1n) is 5.67. The van der Waals surface area contributed by atoms with E-state index in [2.05, 4.69) is 6.07 Å². The van der Waals surface area contributed by atoms with Crippen LogP contribution in [0.1, 0.15) is 31.1 Å². The van der Waals surface area contributed by atoms with Crippen molar-refractivity contribution in [2.24, 2.45) is 0 Å². The number of likely N-dealkylation sites (N-methyl/N-ethyl adjacent to an activating group) is 1. The largest absolute Gasteiger partial charge is 0.439 e. The zero-order chi connectivity index (χ0) is 11.7. The SMILES string of the molecule is CCN1C(=O)O[C@H](c2cccc(C)c2)[C@@H]1C. The normalized spacial score (nSPS) is 24.7. The molecule has 2 atom stereocenters. The third-order valence-electron chi connectivity index (χ3n) is 3.10. The molecule has 1 aliphatic rings. The molecule has 0 bridgehead atoms. The molecule has 1 heterocycles. The molecule has 1 aromatic rings. The predicted molar refractivity (Wildman–Crippen MR) is 62.2 cm³/mol. The number of carbonyl (C=O) groups excluding carboxylic acids is 1. The summed E-state index contributed by atoms with van der Waals surface area (Å²) in [6.07, 6.45) is -0.339. The maximum absolute atomic E-state index is 11.6. The fourth-order valence-corrected chi connectivity index (χ4v) is 2.22. The first-order valence-corrected chi connectivity index (χ1v) is 5.67. The molecule has 0 unspecified atom stereocenters. The summed E-state index contributed by atoms with van der Waals surface area (Å²) < 4.78 is 5.41. The van der Waals surface area contributed by atoms with Gasteiger partial charge in [-0.25, -0.2) is 4.79 Å². The van der Waals surface area contributed by atoms with Crippen LogP contribution >= 0.6 is 0 Å². The fourth-order valence-electron chi connectivity index (χ4n) is 2.22. The van der Waals surface area contributed by atoms with Gasteiger partial charge in [0.05, 0.1) is 6.04 Å². The molecule has 3 nitrogen and oxygen atoms in total. The van der Waals surface area contributed by atoms with Gasteiger partial charge in [-0.15, -0.1) is 0 Å². The lowest BCUT2D eigenvalue weighted by Crippen LogP contribution is -2.31. The van der Waals surface area contributed by atoms with Crippen molar-refractivity contribution in [1.82, 2.24) is 4.90 Å². The van der Waals surface area contributed by atoms with Crippen molar-refractivity contribution in [1.29, 1.82) is 0 Å². The van der Waals surface area contributed by atoms with Gasteiger partial charge in [-0.05, 0) is 26.3 Å². The second kappa shape index (κ2) is 4.16. The molecule has 1 aliphatic heterocycles. The highest BCUT2D eigenvalue weighted by atomic mass is 16.6. The molecule has 1 amide bonds. The van der Waals surface area contributed by atoms with E-state index in [9.17, 15) is 4.79 Å². The van der Waals surface area contributed by atoms with Gasteiger partial charge in [-0.3, -0.25) is 0 Å². The molecule has 1 saturated heterocycles. The Bertz CT molecular complexity index is 403. The van der Waals surface area contributed by atoms with Gasteiger partial charge in [0, 0.05) is 6.54 Å². The number of amides is 1. The molecule has 3 heteroatoms. The van der Waals surface area contributed by atoms with Gasteiger partial charge in [0.15, 0.2) is 0 Å². The molecule has 2 rings (SSSR count). The monoisotopic (exact) mass is 219 g/mol. The number of hydrogen-bond donors (Lipinski definition) is 0. The second-order valence-electron chi connectivity index (χ2n) is 4.25. The number of cyclic esters (lactones) is 1. The van der Waals surface area contributed by atoms with Gasteiger partial charge in [0.2, 0.25) is 0 Å². The third-order valence-corrected chi connectivity index (χ3v) is 3.10. The van der Waals surface area contributed by atoms with Crippen LogP contribution in [0.3, 0.4) is 0 Å². The van der Waals surface area contributed by atoms with E-state index in [1.807, 2.05) is 39.0 Å². The topological polar surface area (TPSA) is 29.5 Å². The van der Waals surface area contributed by atoms with E-state index in [1.54, 1.807) is 4.90 Å². The van der Waals surface area contributed by atoms with Crippen LogP contribution < -0.4 is 0 Å². The van der Waals surface area contributed by atoms with Gasteiger partial charge < -0.3 is 9.64 Å². The van der Waals surface area contributed by atoms with Crippen LogP contribution in [0.2, 0.25) is 0 Å². The molecular weight excluding hydrogens is 202 g/mol. The number of carbonyl (C=O) groups is 1. The number of hydrogen-bond acceptors (Lipinski definition) is 2. The van der Waals surface area contributed by atoms with Crippen LogP contribution in [-0.2, 0) is 4.74 Å².